The van der Waals surface area contributed by atoms with Crippen LogP contribution in [0.25, 0.3) is 6.08 Å². The molecule has 3 amide bonds. The lowest BCUT2D eigenvalue weighted by Crippen LogP contribution is -2.43. The summed E-state index contributed by atoms with van der Waals surface area (Å²) in [7, 11) is 0. The van der Waals surface area contributed by atoms with Crippen molar-refractivity contribution in [2.45, 2.75) is 0 Å². The second-order valence-corrected chi connectivity index (χ2v) is 5.32. The Bertz CT molecular complexity index is 656. The molecular formula is C14H11N2O5S-. The number of amides is 3. The van der Waals surface area contributed by atoms with Crippen molar-refractivity contribution in [1.29, 1.82) is 0 Å². The van der Waals surface area contributed by atoms with Crippen molar-refractivity contribution in [1.82, 2.24) is 10.2 Å². The first-order valence-corrected chi connectivity index (χ1v) is 7.06. The van der Waals surface area contributed by atoms with E-state index >= 15 is 0 Å². The molecule has 1 aliphatic heterocycles. The second-order valence-electron chi connectivity index (χ2n) is 4.33. The number of carboxylic acid groups (broad SMARTS) is 1. The van der Waals surface area contributed by atoms with Gasteiger partial charge in [-0.1, -0.05) is 30.3 Å². The van der Waals surface area contributed by atoms with Gasteiger partial charge in [-0.3, -0.25) is 19.3 Å². The first-order valence-electron chi connectivity index (χ1n) is 6.24. The van der Waals surface area contributed by atoms with Crippen LogP contribution in [0.1, 0.15) is 5.56 Å². The van der Waals surface area contributed by atoms with Crippen LogP contribution in [-0.4, -0.2) is 41.0 Å². The minimum atomic E-state index is -1.45. The van der Waals surface area contributed by atoms with Crippen molar-refractivity contribution in [3.05, 3.63) is 40.8 Å². The smallest absolute Gasteiger partial charge is 0.294 e. The van der Waals surface area contributed by atoms with Gasteiger partial charge < -0.3 is 15.2 Å². The lowest BCUT2D eigenvalue weighted by molar-refractivity contribution is -0.304. The summed E-state index contributed by atoms with van der Waals surface area (Å²) in [4.78, 5) is 46.6. The molecule has 1 fully saturated rings. The van der Waals surface area contributed by atoms with Crippen molar-refractivity contribution in [3.8, 4) is 0 Å². The SMILES string of the molecule is O=C([O-])CNC(=O)CN1C(=O)SC(=Cc2ccccc2)C1=O. The highest BCUT2D eigenvalue weighted by atomic mass is 32.2. The van der Waals surface area contributed by atoms with Crippen LogP contribution >= 0.6 is 11.8 Å². The zero-order chi connectivity index (χ0) is 16.1. The minimum absolute atomic E-state index is 0.212. The van der Waals surface area contributed by atoms with E-state index in [0.29, 0.717) is 0 Å². The van der Waals surface area contributed by atoms with Crippen LogP contribution in [0.5, 0.6) is 0 Å². The fourth-order valence-electron chi connectivity index (χ4n) is 1.71. The van der Waals surface area contributed by atoms with E-state index < -0.39 is 36.1 Å². The Morgan fingerprint density at radius 3 is 2.55 bits per heavy atom. The third kappa shape index (κ3) is 3.95. The summed E-state index contributed by atoms with van der Waals surface area (Å²) in [5.41, 5.74) is 0.759. The average molecular weight is 319 g/mol. The molecule has 0 aromatic heterocycles. The van der Waals surface area contributed by atoms with Gasteiger partial charge in [0.1, 0.15) is 6.54 Å². The predicted octanol–water partition coefficient (Wildman–Crippen LogP) is -0.411. The number of thioether (sulfide) groups is 1. The Morgan fingerprint density at radius 1 is 1.23 bits per heavy atom. The van der Waals surface area contributed by atoms with E-state index in [1.807, 2.05) is 11.4 Å². The van der Waals surface area contributed by atoms with Gasteiger partial charge in [0.05, 0.1) is 17.4 Å². The summed E-state index contributed by atoms with van der Waals surface area (Å²) in [6, 6.07) is 8.97. The molecule has 7 nitrogen and oxygen atoms in total. The summed E-state index contributed by atoms with van der Waals surface area (Å²) in [6.45, 7) is -1.20. The van der Waals surface area contributed by atoms with Gasteiger partial charge in [-0.2, -0.15) is 0 Å². The maximum atomic E-state index is 12.1. The molecule has 1 saturated heterocycles. The molecule has 1 aliphatic rings. The minimum Gasteiger partial charge on any atom is -0.548 e. The van der Waals surface area contributed by atoms with Crippen molar-refractivity contribution >= 4 is 40.9 Å². The Hall–Kier alpha value is -2.61. The molecule has 0 saturated carbocycles. The monoisotopic (exact) mass is 319 g/mol. The second kappa shape index (κ2) is 6.90. The Labute approximate surface area is 130 Å². The highest BCUT2D eigenvalue weighted by molar-refractivity contribution is 8.18. The number of aliphatic carboxylic acids is 1. The van der Waals surface area contributed by atoms with E-state index in [2.05, 4.69) is 0 Å². The highest BCUT2D eigenvalue weighted by Gasteiger charge is 2.36. The summed E-state index contributed by atoms with van der Waals surface area (Å²) >= 11 is 0.733. The molecule has 1 aromatic rings. The molecule has 22 heavy (non-hydrogen) atoms. The number of carbonyl (C=O) groups is 4. The topological polar surface area (TPSA) is 107 Å². The molecule has 114 valence electrons. The number of nitrogens with one attached hydrogen (secondary N) is 1. The van der Waals surface area contributed by atoms with Crippen LogP contribution in [0.4, 0.5) is 4.79 Å². The molecule has 1 N–H and O–H groups in total. The summed E-state index contributed by atoms with van der Waals surface area (Å²) < 4.78 is 0. The standard InChI is InChI=1S/C14H12N2O5S/c17-11(15-7-12(18)19)8-16-13(20)10(22-14(16)21)6-9-4-2-1-3-5-9/h1-6H,7-8H2,(H,15,17)(H,18,19)/p-1. The van der Waals surface area contributed by atoms with E-state index in [4.69, 9.17) is 0 Å². The quantitative estimate of drug-likeness (QED) is 0.739. The fraction of sp³-hybridized carbons (Fsp3) is 0.143. The van der Waals surface area contributed by atoms with E-state index in [-0.39, 0.29) is 4.91 Å². The van der Waals surface area contributed by atoms with Gasteiger partial charge in [-0.15, -0.1) is 0 Å². The van der Waals surface area contributed by atoms with Crippen LogP contribution in [-0.2, 0) is 14.4 Å². The van der Waals surface area contributed by atoms with E-state index in [1.165, 1.54) is 0 Å². The molecule has 0 radical (unpaired) electrons. The Kier molecular flexibility index (Phi) is 4.95. The summed E-state index contributed by atoms with van der Waals surface area (Å²) in [5.74, 6) is -2.78. The van der Waals surface area contributed by atoms with Crippen molar-refractivity contribution in [2.24, 2.45) is 0 Å². The van der Waals surface area contributed by atoms with E-state index in [1.54, 1.807) is 30.3 Å². The normalized spacial score (nSPS) is 16.2. The number of carbonyl (C=O) groups excluding carboxylic acids is 4. The van der Waals surface area contributed by atoms with Crippen LogP contribution in [0.15, 0.2) is 35.2 Å². The lowest BCUT2D eigenvalue weighted by atomic mass is 10.2. The number of benzene rings is 1. The van der Waals surface area contributed by atoms with E-state index in [9.17, 15) is 24.3 Å². The van der Waals surface area contributed by atoms with E-state index in [0.717, 1.165) is 22.2 Å². The number of imide groups is 1. The van der Waals surface area contributed by atoms with Crippen LogP contribution < -0.4 is 10.4 Å². The molecule has 2 rings (SSSR count). The molecule has 0 unspecified atom stereocenters. The maximum Gasteiger partial charge on any atom is 0.294 e. The molecule has 0 atom stereocenters. The third-order valence-corrected chi connectivity index (χ3v) is 3.61. The largest absolute Gasteiger partial charge is 0.548 e. The first kappa shape index (κ1) is 15.8. The van der Waals surface area contributed by atoms with Gasteiger partial charge in [-0.25, -0.2) is 0 Å². The molecular weight excluding hydrogens is 308 g/mol. The van der Waals surface area contributed by atoms with Crippen LogP contribution in [0.2, 0.25) is 0 Å². The average Bonchev–Trinajstić information content (AvgIpc) is 2.74. The van der Waals surface area contributed by atoms with Crippen molar-refractivity contribution in [3.63, 3.8) is 0 Å². The highest BCUT2D eigenvalue weighted by Crippen LogP contribution is 2.31. The molecule has 0 aliphatic carbocycles. The molecule has 0 spiro atoms. The predicted molar refractivity (Wildman–Crippen MR) is 77.1 cm³/mol. The summed E-state index contributed by atoms with van der Waals surface area (Å²) in [6.07, 6.45) is 1.56. The Morgan fingerprint density at radius 2 is 1.91 bits per heavy atom. The van der Waals surface area contributed by atoms with Gasteiger partial charge in [0.2, 0.25) is 5.91 Å². The van der Waals surface area contributed by atoms with Gasteiger partial charge in [0.15, 0.2) is 0 Å². The first-order chi connectivity index (χ1) is 10.5. The van der Waals surface area contributed by atoms with Crippen molar-refractivity contribution < 1.29 is 24.3 Å². The summed E-state index contributed by atoms with van der Waals surface area (Å²) in [5, 5.41) is 11.7. The fourth-order valence-corrected chi connectivity index (χ4v) is 2.55. The lowest BCUT2D eigenvalue weighted by Gasteiger charge is -2.12. The van der Waals surface area contributed by atoms with Gasteiger partial charge in [-0.05, 0) is 23.4 Å². The third-order valence-electron chi connectivity index (χ3n) is 2.70. The van der Waals surface area contributed by atoms with Gasteiger partial charge in [0, 0.05) is 0 Å². The van der Waals surface area contributed by atoms with Crippen LogP contribution in [0, 0.1) is 0 Å². The number of rotatable bonds is 5. The van der Waals surface area contributed by atoms with Crippen LogP contribution in [0.3, 0.4) is 0 Å². The zero-order valence-corrected chi connectivity index (χ0v) is 12.1. The Balaban J connectivity index is 2.04. The zero-order valence-electron chi connectivity index (χ0n) is 11.3. The number of hydrogen-bond donors (Lipinski definition) is 1. The van der Waals surface area contributed by atoms with Gasteiger partial charge >= 0.3 is 0 Å². The molecule has 1 heterocycles. The molecule has 0 bridgehead atoms. The number of nitrogens with zero attached hydrogens (tertiary/aromatic N) is 1. The number of carboxylic acids is 1. The number of hydrogen-bond acceptors (Lipinski definition) is 6. The van der Waals surface area contributed by atoms with Crippen molar-refractivity contribution in [2.75, 3.05) is 13.1 Å². The molecule has 1 aromatic carbocycles. The van der Waals surface area contributed by atoms with Gasteiger partial charge in [0.25, 0.3) is 11.1 Å². The molecule has 8 heteroatoms. The maximum absolute atomic E-state index is 12.1.